The molecule has 0 saturated heterocycles. The van der Waals surface area contributed by atoms with Crippen LogP contribution in [0.4, 0.5) is 0 Å². The molecule has 1 N–H and O–H groups in total. The van der Waals surface area contributed by atoms with Crippen molar-refractivity contribution in [3.8, 4) is 0 Å². The minimum atomic E-state index is -0.370. The Morgan fingerprint density at radius 1 is 1.29 bits per heavy atom. The SMILES string of the molecule is CCO[C@@H]1CCC[C@H](NC(C)=O)[C@H]1OC(C)=O. The van der Waals surface area contributed by atoms with Crippen LogP contribution in [0.5, 0.6) is 0 Å². The van der Waals surface area contributed by atoms with Gasteiger partial charge in [0.2, 0.25) is 5.91 Å². The van der Waals surface area contributed by atoms with Gasteiger partial charge in [-0.15, -0.1) is 0 Å². The van der Waals surface area contributed by atoms with Gasteiger partial charge in [0, 0.05) is 20.5 Å². The lowest BCUT2D eigenvalue weighted by Crippen LogP contribution is -2.53. The standard InChI is InChI=1S/C12H21NO4/c1-4-16-11-7-5-6-10(13-8(2)14)12(11)17-9(3)15/h10-12H,4-7H2,1-3H3,(H,13,14)/t10-,11+,12+/m0/s1. The second kappa shape index (κ2) is 6.59. The van der Waals surface area contributed by atoms with Crippen LogP contribution in [0, 0.1) is 0 Å². The number of amides is 1. The van der Waals surface area contributed by atoms with E-state index in [1.807, 2.05) is 6.92 Å². The summed E-state index contributed by atoms with van der Waals surface area (Å²) in [5.74, 6) is -0.443. The Morgan fingerprint density at radius 2 is 2.00 bits per heavy atom. The van der Waals surface area contributed by atoms with Gasteiger partial charge in [0.05, 0.1) is 12.1 Å². The molecule has 0 aromatic rings. The van der Waals surface area contributed by atoms with E-state index in [-0.39, 0.29) is 30.1 Å². The number of ether oxygens (including phenoxy) is 2. The lowest BCUT2D eigenvalue weighted by molar-refractivity contribution is -0.162. The molecule has 0 heterocycles. The lowest BCUT2D eigenvalue weighted by atomic mass is 9.89. The second-order valence-corrected chi connectivity index (χ2v) is 4.31. The summed E-state index contributed by atoms with van der Waals surface area (Å²) < 4.78 is 10.9. The summed E-state index contributed by atoms with van der Waals surface area (Å²) >= 11 is 0. The van der Waals surface area contributed by atoms with E-state index in [0.29, 0.717) is 6.61 Å². The summed E-state index contributed by atoms with van der Waals surface area (Å²) in [6, 6.07) is -0.137. The first-order valence-electron chi connectivity index (χ1n) is 6.10. The van der Waals surface area contributed by atoms with Crippen molar-refractivity contribution in [2.24, 2.45) is 0 Å². The van der Waals surface area contributed by atoms with Crippen LogP contribution in [0.3, 0.4) is 0 Å². The van der Waals surface area contributed by atoms with Gasteiger partial charge in [-0.2, -0.15) is 0 Å². The van der Waals surface area contributed by atoms with Crippen molar-refractivity contribution in [3.05, 3.63) is 0 Å². The molecular formula is C12H21NO4. The van der Waals surface area contributed by atoms with Crippen LogP contribution in [0.25, 0.3) is 0 Å². The average Bonchev–Trinajstić information content (AvgIpc) is 2.21. The molecule has 3 atom stereocenters. The highest BCUT2D eigenvalue weighted by Crippen LogP contribution is 2.24. The zero-order chi connectivity index (χ0) is 12.8. The van der Waals surface area contributed by atoms with Crippen LogP contribution in [0.2, 0.25) is 0 Å². The third kappa shape index (κ3) is 4.34. The van der Waals surface area contributed by atoms with E-state index in [1.54, 1.807) is 0 Å². The Balaban J connectivity index is 2.70. The molecule has 5 heteroatoms. The smallest absolute Gasteiger partial charge is 0.303 e. The highest BCUT2D eigenvalue weighted by molar-refractivity contribution is 5.73. The number of hydrogen-bond donors (Lipinski definition) is 1. The summed E-state index contributed by atoms with van der Waals surface area (Å²) in [7, 11) is 0. The van der Waals surface area contributed by atoms with Crippen molar-refractivity contribution in [2.75, 3.05) is 6.61 Å². The Hall–Kier alpha value is -1.10. The van der Waals surface area contributed by atoms with Gasteiger partial charge in [-0.25, -0.2) is 0 Å². The Morgan fingerprint density at radius 3 is 2.53 bits per heavy atom. The number of nitrogens with one attached hydrogen (secondary N) is 1. The minimum absolute atomic E-state index is 0.107. The predicted molar refractivity (Wildman–Crippen MR) is 62.4 cm³/mol. The highest BCUT2D eigenvalue weighted by Gasteiger charge is 2.36. The van der Waals surface area contributed by atoms with Crippen LogP contribution in [0.1, 0.15) is 40.0 Å². The number of hydrogen-bond acceptors (Lipinski definition) is 4. The molecule has 1 aliphatic rings. The molecule has 98 valence electrons. The largest absolute Gasteiger partial charge is 0.458 e. The molecule has 1 amide bonds. The quantitative estimate of drug-likeness (QED) is 0.748. The molecule has 0 aliphatic heterocycles. The van der Waals surface area contributed by atoms with Crippen molar-refractivity contribution < 1.29 is 19.1 Å². The zero-order valence-corrected chi connectivity index (χ0v) is 10.7. The molecule has 1 fully saturated rings. The molecule has 5 nitrogen and oxygen atoms in total. The van der Waals surface area contributed by atoms with Crippen LogP contribution >= 0.6 is 0 Å². The minimum Gasteiger partial charge on any atom is -0.458 e. The summed E-state index contributed by atoms with van der Waals surface area (Å²) in [6.07, 6.45) is 2.16. The van der Waals surface area contributed by atoms with Crippen molar-refractivity contribution in [2.45, 2.75) is 58.3 Å². The fourth-order valence-corrected chi connectivity index (χ4v) is 2.28. The van der Waals surface area contributed by atoms with Crippen molar-refractivity contribution in [1.82, 2.24) is 5.32 Å². The van der Waals surface area contributed by atoms with E-state index in [4.69, 9.17) is 9.47 Å². The summed E-state index contributed by atoms with van der Waals surface area (Å²) in [5, 5.41) is 2.83. The Bertz CT molecular complexity index is 278. The van der Waals surface area contributed by atoms with Gasteiger partial charge in [-0.3, -0.25) is 9.59 Å². The van der Waals surface area contributed by atoms with Gasteiger partial charge in [0.25, 0.3) is 0 Å². The normalized spacial score (nSPS) is 28.5. The number of esters is 1. The van der Waals surface area contributed by atoms with Gasteiger partial charge < -0.3 is 14.8 Å². The number of carbonyl (C=O) groups is 2. The third-order valence-corrected chi connectivity index (χ3v) is 2.84. The molecule has 0 unspecified atom stereocenters. The molecule has 17 heavy (non-hydrogen) atoms. The Kier molecular flexibility index (Phi) is 5.41. The summed E-state index contributed by atoms with van der Waals surface area (Å²) in [4.78, 5) is 22.2. The fourth-order valence-electron chi connectivity index (χ4n) is 2.28. The predicted octanol–water partition coefficient (Wildman–Crippen LogP) is 1.01. The van der Waals surface area contributed by atoms with Gasteiger partial charge in [-0.05, 0) is 26.2 Å². The van der Waals surface area contributed by atoms with Crippen LogP contribution in [-0.2, 0) is 19.1 Å². The molecular weight excluding hydrogens is 222 g/mol. The third-order valence-electron chi connectivity index (χ3n) is 2.84. The number of carbonyl (C=O) groups excluding carboxylic acids is 2. The maximum absolute atomic E-state index is 11.1. The first-order chi connectivity index (χ1) is 8.04. The van der Waals surface area contributed by atoms with E-state index < -0.39 is 0 Å². The molecule has 1 rings (SSSR count). The van der Waals surface area contributed by atoms with Crippen molar-refractivity contribution in [1.29, 1.82) is 0 Å². The van der Waals surface area contributed by atoms with Gasteiger partial charge in [-0.1, -0.05) is 0 Å². The lowest BCUT2D eigenvalue weighted by Gasteiger charge is -2.37. The van der Waals surface area contributed by atoms with Crippen LogP contribution < -0.4 is 5.32 Å². The maximum Gasteiger partial charge on any atom is 0.303 e. The van der Waals surface area contributed by atoms with Gasteiger partial charge in [0.15, 0.2) is 0 Å². The first-order valence-corrected chi connectivity index (χ1v) is 6.10. The topological polar surface area (TPSA) is 64.6 Å². The molecule has 0 bridgehead atoms. The van der Waals surface area contributed by atoms with E-state index in [9.17, 15) is 9.59 Å². The fraction of sp³-hybridized carbons (Fsp3) is 0.833. The van der Waals surface area contributed by atoms with E-state index in [2.05, 4.69) is 5.32 Å². The van der Waals surface area contributed by atoms with Gasteiger partial charge >= 0.3 is 5.97 Å². The molecule has 1 saturated carbocycles. The Labute approximate surface area is 102 Å². The van der Waals surface area contributed by atoms with E-state index >= 15 is 0 Å². The summed E-state index contributed by atoms with van der Waals surface area (Å²) in [5.41, 5.74) is 0. The maximum atomic E-state index is 11.1. The molecule has 0 radical (unpaired) electrons. The average molecular weight is 243 g/mol. The second-order valence-electron chi connectivity index (χ2n) is 4.31. The monoisotopic (exact) mass is 243 g/mol. The molecule has 0 aromatic heterocycles. The van der Waals surface area contributed by atoms with Crippen LogP contribution in [-0.4, -0.2) is 36.7 Å². The van der Waals surface area contributed by atoms with Gasteiger partial charge in [0.1, 0.15) is 6.10 Å². The zero-order valence-electron chi connectivity index (χ0n) is 10.7. The van der Waals surface area contributed by atoms with Crippen molar-refractivity contribution >= 4 is 11.9 Å². The first kappa shape index (κ1) is 14.0. The molecule has 0 aromatic carbocycles. The van der Waals surface area contributed by atoms with Crippen LogP contribution in [0.15, 0.2) is 0 Å². The summed E-state index contributed by atoms with van der Waals surface area (Å²) in [6.45, 7) is 5.33. The molecule has 0 spiro atoms. The van der Waals surface area contributed by atoms with E-state index in [0.717, 1.165) is 19.3 Å². The highest BCUT2D eigenvalue weighted by atomic mass is 16.6. The number of rotatable bonds is 4. The van der Waals surface area contributed by atoms with E-state index in [1.165, 1.54) is 13.8 Å². The molecule has 1 aliphatic carbocycles. The van der Waals surface area contributed by atoms with Crippen molar-refractivity contribution in [3.63, 3.8) is 0 Å².